The lowest BCUT2D eigenvalue weighted by molar-refractivity contribution is 0.660. The van der Waals surface area contributed by atoms with E-state index in [2.05, 4.69) is 49.4 Å². The van der Waals surface area contributed by atoms with Crippen molar-refractivity contribution >= 4 is 0 Å². The molecule has 78 valence electrons. The first-order chi connectivity index (χ1) is 7.33. The third-order valence-electron chi connectivity index (χ3n) is 2.65. The van der Waals surface area contributed by atoms with E-state index >= 15 is 0 Å². The highest BCUT2D eigenvalue weighted by Crippen LogP contribution is 2.19. The number of aromatic nitrogens is 2. The molecule has 0 aliphatic heterocycles. The van der Waals surface area contributed by atoms with E-state index in [4.69, 9.17) is 0 Å². The highest BCUT2D eigenvalue weighted by atomic mass is 15.3. The summed E-state index contributed by atoms with van der Waals surface area (Å²) in [5.74, 6) is 0. The van der Waals surface area contributed by atoms with Crippen LogP contribution < -0.4 is 0 Å². The van der Waals surface area contributed by atoms with Crippen molar-refractivity contribution in [2.75, 3.05) is 0 Å². The van der Waals surface area contributed by atoms with Gasteiger partial charge in [0.15, 0.2) is 0 Å². The fourth-order valence-corrected chi connectivity index (χ4v) is 1.62. The van der Waals surface area contributed by atoms with Crippen LogP contribution in [0.4, 0.5) is 0 Å². The van der Waals surface area contributed by atoms with Crippen molar-refractivity contribution < 1.29 is 0 Å². The maximum Gasteiger partial charge on any atom is 0.0568 e. The van der Waals surface area contributed by atoms with E-state index in [9.17, 15) is 0 Å². The average Bonchev–Trinajstić information content (AvgIpc) is 2.78. The number of hydrogen-bond donors (Lipinski definition) is 0. The second kappa shape index (κ2) is 4.30. The van der Waals surface area contributed by atoms with Gasteiger partial charge in [0.2, 0.25) is 0 Å². The van der Waals surface area contributed by atoms with Crippen molar-refractivity contribution in [2.24, 2.45) is 0 Å². The predicted molar refractivity (Wildman–Crippen MR) is 62.7 cm³/mol. The molecule has 0 spiro atoms. The zero-order chi connectivity index (χ0) is 10.7. The topological polar surface area (TPSA) is 17.8 Å². The quantitative estimate of drug-likeness (QED) is 0.744. The highest BCUT2D eigenvalue weighted by Gasteiger charge is 2.00. The molecule has 1 aromatic heterocycles. The van der Waals surface area contributed by atoms with Crippen LogP contribution >= 0.6 is 0 Å². The van der Waals surface area contributed by atoms with E-state index in [1.165, 1.54) is 16.7 Å². The van der Waals surface area contributed by atoms with Crippen LogP contribution in [0, 0.1) is 0 Å². The molecule has 2 aromatic rings. The Bertz CT molecular complexity index is 426. The third-order valence-corrected chi connectivity index (χ3v) is 2.65. The molecule has 15 heavy (non-hydrogen) atoms. The van der Waals surface area contributed by atoms with Crippen molar-refractivity contribution in [1.29, 1.82) is 0 Å². The molecule has 2 nitrogen and oxygen atoms in total. The Balaban J connectivity index is 2.28. The number of nitrogens with zero attached hydrogens (tertiary/aromatic N) is 2. The van der Waals surface area contributed by atoms with Gasteiger partial charge in [0.25, 0.3) is 0 Å². The normalized spacial score (nSPS) is 10.5. The van der Waals surface area contributed by atoms with Gasteiger partial charge in [-0.25, -0.2) is 0 Å². The lowest BCUT2D eigenvalue weighted by atomic mass is 10.1. The fraction of sp³-hybridized carbons (Fsp3) is 0.308. The van der Waals surface area contributed by atoms with Gasteiger partial charge in [0, 0.05) is 18.3 Å². The van der Waals surface area contributed by atoms with Gasteiger partial charge in [0.05, 0.1) is 6.20 Å². The van der Waals surface area contributed by atoms with Crippen LogP contribution in [0.1, 0.15) is 19.4 Å². The maximum atomic E-state index is 4.27. The Kier molecular flexibility index (Phi) is 2.86. The first-order valence-electron chi connectivity index (χ1n) is 5.45. The van der Waals surface area contributed by atoms with E-state index in [0.29, 0.717) is 0 Å². The molecular formula is C13H16N2. The van der Waals surface area contributed by atoms with E-state index in [1.54, 1.807) is 0 Å². The summed E-state index contributed by atoms with van der Waals surface area (Å²) in [4.78, 5) is 0. The molecule has 2 heteroatoms. The smallest absolute Gasteiger partial charge is 0.0568 e. The number of benzene rings is 1. The summed E-state index contributed by atoms with van der Waals surface area (Å²) in [6.07, 6.45) is 5.10. The van der Waals surface area contributed by atoms with Crippen LogP contribution in [0.25, 0.3) is 11.1 Å². The molecule has 1 heterocycles. The third kappa shape index (κ3) is 2.09. The molecule has 0 bridgehead atoms. The number of aryl methyl sites for hydroxylation is 2. The van der Waals surface area contributed by atoms with Gasteiger partial charge < -0.3 is 0 Å². The minimum absolute atomic E-state index is 0.924. The molecule has 0 aliphatic rings. The van der Waals surface area contributed by atoms with Crippen molar-refractivity contribution in [3.63, 3.8) is 0 Å². The van der Waals surface area contributed by atoms with Crippen LogP contribution in [0.15, 0.2) is 36.7 Å². The molecule has 0 unspecified atom stereocenters. The van der Waals surface area contributed by atoms with Crippen LogP contribution in [0.3, 0.4) is 0 Å². The SMILES string of the molecule is CCc1ccc(-c2cnn(CC)c2)cc1. The standard InChI is InChI=1S/C13H16N2/c1-3-11-5-7-12(8-6-11)13-9-14-15(4-2)10-13/h5-10H,3-4H2,1-2H3. The fourth-order valence-electron chi connectivity index (χ4n) is 1.62. The van der Waals surface area contributed by atoms with Crippen LogP contribution in [0.5, 0.6) is 0 Å². The van der Waals surface area contributed by atoms with Crippen LogP contribution in [-0.4, -0.2) is 9.78 Å². The molecule has 2 rings (SSSR count). The molecule has 0 fully saturated rings. The number of hydrogen-bond acceptors (Lipinski definition) is 1. The molecule has 0 amide bonds. The summed E-state index contributed by atoms with van der Waals surface area (Å²) in [5.41, 5.74) is 3.81. The average molecular weight is 200 g/mol. The molecule has 0 N–H and O–H groups in total. The molecule has 0 saturated heterocycles. The van der Waals surface area contributed by atoms with E-state index in [0.717, 1.165) is 13.0 Å². The van der Waals surface area contributed by atoms with E-state index < -0.39 is 0 Å². The summed E-state index contributed by atoms with van der Waals surface area (Å²) in [6, 6.07) is 8.68. The minimum atomic E-state index is 0.924. The maximum absolute atomic E-state index is 4.27. The summed E-state index contributed by atoms with van der Waals surface area (Å²) < 4.78 is 1.95. The van der Waals surface area contributed by atoms with Crippen molar-refractivity contribution in [2.45, 2.75) is 26.8 Å². The first-order valence-corrected chi connectivity index (χ1v) is 5.45. The zero-order valence-electron chi connectivity index (χ0n) is 9.27. The molecule has 1 aromatic carbocycles. The zero-order valence-corrected chi connectivity index (χ0v) is 9.27. The second-order valence-corrected chi connectivity index (χ2v) is 3.64. The second-order valence-electron chi connectivity index (χ2n) is 3.64. The first kappa shape index (κ1) is 9.97. The highest BCUT2D eigenvalue weighted by molar-refractivity contribution is 5.61. The summed E-state index contributed by atoms with van der Waals surface area (Å²) in [6.45, 7) is 5.19. The van der Waals surface area contributed by atoms with Gasteiger partial charge in [-0.15, -0.1) is 0 Å². The summed E-state index contributed by atoms with van der Waals surface area (Å²) >= 11 is 0. The Labute approximate surface area is 90.6 Å². The van der Waals surface area contributed by atoms with Gasteiger partial charge in [-0.05, 0) is 24.5 Å². The molecule has 0 saturated carbocycles. The largest absolute Gasteiger partial charge is 0.272 e. The Hall–Kier alpha value is -1.57. The van der Waals surface area contributed by atoms with Gasteiger partial charge >= 0.3 is 0 Å². The molecule has 0 radical (unpaired) electrons. The molecule has 0 atom stereocenters. The minimum Gasteiger partial charge on any atom is -0.272 e. The van der Waals surface area contributed by atoms with Gasteiger partial charge in [0.1, 0.15) is 0 Å². The monoisotopic (exact) mass is 200 g/mol. The van der Waals surface area contributed by atoms with Crippen molar-refractivity contribution in [1.82, 2.24) is 9.78 Å². The van der Waals surface area contributed by atoms with E-state index in [1.807, 2.05) is 10.9 Å². The van der Waals surface area contributed by atoms with Crippen molar-refractivity contribution in [3.05, 3.63) is 42.2 Å². The lowest BCUT2D eigenvalue weighted by Gasteiger charge is -1.99. The Morgan fingerprint density at radius 2 is 1.80 bits per heavy atom. The lowest BCUT2D eigenvalue weighted by Crippen LogP contribution is -1.91. The Morgan fingerprint density at radius 1 is 1.07 bits per heavy atom. The Morgan fingerprint density at radius 3 is 2.33 bits per heavy atom. The summed E-state index contributed by atoms with van der Waals surface area (Å²) in [7, 11) is 0. The van der Waals surface area contributed by atoms with Gasteiger partial charge in [-0.3, -0.25) is 4.68 Å². The van der Waals surface area contributed by atoms with Crippen LogP contribution in [0.2, 0.25) is 0 Å². The van der Waals surface area contributed by atoms with Crippen molar-refractivity contribution in [3.8, 4) is 11.1 Å². The molecule has 0 aliphatic carbocycles. The van der Waals surface area contributed by atoms with Gasteiger partial charge in [-0.2, -0.15) is 5.10 Å². The van der Waals surface area contributed by atoms with E-state index in [-0.39, 0.29) is 0 Å². The van der Waals surface area contributed by atoms with Crippen LogP contribution in [-0.2, 0) is 13.0 Å². The number of rotatable bonds is 3. The molecular weight excluding hydrogens is 184 g/mol. The van der Waals surface area contributed by atoms with Gasteiger partial charge in [-0.1, -0.05) is 31.2 Å². The predicted octanol–water partition coefficient (Wildman–Crippen LogP) is 3.13. The summed E-state index contributed by atoms with van der Waals surface area (Å²) in [5, 5.41) is 4.27.